The van der Waals surface area contributed by atoms with Crippen LogP contribution < -0.4 is 5.32 Å². The lowest BCUT2D eigenvalue weighted by molar-refractivity contribution is -0.124. The second-order valence-electron chi connectivity index (χ2n) is 6.03. The molecule has 3 rings (SSSR count). The number of aryl methyl sites for hydroxylation is 1. The molecule has 8 heteroatoms. The van der Waals surface area contributed by atoms with E-state index >= 15 is 0 Å². The van der Waals surface area contributed by atoms with Gasteiger partial charge in [-0.3, -0.25) is 9.48 Å². The molecule has 0 saturated carbocycles. The molecule has 2 aromatic rings. The number of aromatic nitrogens is 2. The number of amides is 1. The first-order valence-electron chi connectivity index (χ1n) is 8.10. The van der Waals surface area contributed by atoms with E-state index < -0.39 is 16.1 Å². The predicted octanol–water partition coefficient (Wildman–Crippen LogP) is 1.10. The quantitative estimate of drug-likeness (QED) is 0.875. The van der Waals surface area contributed by atoms with Crippen LogP contribution in [0.1, 0.15) is 25.5 Å². The largest absolute Gasteiger partial charge is 0.349 e. The fourth-order valence-corrected chi connectivity index (χ4v) is 4.38. The van der Waals surface area contributed by atoms with Crippen LogP contribution in [0, 0.1) is 0 Å². The Hall–Kier alpha value is -1.93. The average Bonchev–Trinajstić information content (AvgIpc) is 3.17. The summed E-state index contributed by atoms with van der Waals surface area (Å²) in [5.74, 6) is -0.256. The minimum Gasteiger partial charge on any atom is -0.349 e. The van der Waals surface area contributed by atoms with E-state index in [0.29, 0.717) is 25.9 Å². The average molecular weight is 350 g/mol. The van der Waals surface area contributed by atoms with E-state index in [-0.39, 0.29) is 5.91 Å². The lowest BCUT2D eigenvalue weighted by atomic mass is 10.2. The number of fused-ring (bicyclic) bond motifs is 1. The number of nitrogens with zero attached hydrogens (tertiary/aromatic N) is 3. The van der Waals surface area contributed by atoms with Gasteiger partial charge in [0, 0.05) is 18.5 Å². The summed E-state index contributed by atoms with van der Waals surface area (Å²) in [6, 6.07) is 7.27. The number of benzene rings is 1. The van der Waals surface area contributed by atoms with Crippen LogP contribution in [0.2, 0.25) is 0 Å². The number of para-hydroxylation sites is 1. The maximum atomic E-state index is 12.4. The van der Waals surface area contributed by atoms with Crippen molar-refractivity contribution in [2.24, 2.45) is 0 Å². The predicted molar refractivity (Wildman–Crippen MR) is 91.8 cm³/mol. The summed E-state index contributed by atoms with van der Waals surface area (Å²) in [7, 11) is -3.36. The molecule has 1 amide bonds. The highest BCUT2D eigenvalue weighted by atomic mass is 32.2. The van der Waals surface area contributed by atoms with Crippen molar-refractivity contribution in [1.82, 2.24) is 19.4 Å². The van der Waals surface area contributed by atoms with E-state index in [1.807, 2.05) is 35.9 Å². The molecular weight excluding hydrogens is 328 g/mol. The zero-order valence-corrected chi connectivity index (χ0v) is 14.7. The standard InChI is InChI=1S/C16H22N4O3S/c1-3-19-14-8-5-4-7-12(14)13(18-19)11-17-16(21)15-9-6-10-20(15)24(2,22)23/h4-5,7-8,15H,3,6,9-11H2,1-2H3,(H,17,21)/t15-/m0/s1. The van der Waals surface area contributed by atoms with Crippen LogP contribution in [0.15, 0.2) is 24.3 Å². The molecule has 1 aliphatic rings. The molecule has 1 fully saturated rings. The van der Waals surface area contributed by atoms with Gasteiger partial charge >= 0.3 is 0 Å². The van der Waals surface area contributed by atoms with Gasteiger partial charge in [-0.15, -0.1) is 0 Å². The smallest absolute Gasteiger partial charge is 0.238 e. The monoisotopic (exact) mass is 350 g/mol. The minimum atomic E-state index is -3.36. The highest BCUT2D eigenvalue weighted by molar-refractivity contribution is 7.88. The van der Waals surface area contributed by atoms with Crippen molar-refractivity contribution in [3.63, 3.8) is 0 Å². The van der Waals surface area contributed by atoms with Crippen molar-refractivity contribution in [2.45, 2.75) is 38.9 Å². The van der Waals surface area contributed by atoms with Gasteiger partial charge in [-0.1, -0.05) is 18.2 Å². The lowest BCUT2D eigenvalue weighted by Gasteiger charge is -2.21. The highest BCUT2D eigenvalue weighted by Gasteiger charge is 2.36. The van der Waals surface area contributed by atoms with Crippen LogP contribution in [0.4, 0.5) is 0 Å². The molecule has 24 heavy (non-hydrogen) atoms. The Bertz CT molecular complexity index is 859. The van der Waals surface area contributed by atoms with Gasteiger partial charge in [0.05, 0.1) is 24.0 Å². The lowest BCUT2D eigenvalue weighted by Crippen LogP contribution is -2.45. The first kappa shape index (κ1) is 16.9. The first-order chi connectivity index (χ1) is 11.4. The van der Waals surface area contributed by atoms with E-state index in [4.69, 9.17) is 0 Å². The number of rotatable bonds is 5. The van der Waals surface area contributed by atoms with E-state index in [0.717, 1.165) is 29.4 Å². The van der Waals surface area contributed by atoms with Crippen molar-refractivity contribution in [1.29, 1.82) is 0 Å². The van der Waals surface area contributed by atoms with Gasteiger partial charge < -0.3 is 5.32 Å². The number of nitrogens with one attached hydrogen (secondary N) is 1. The Kier molecular flexibility index (Phi) is 4.60. The first-order valence-corrected chi connectivity index (χ1v) is 9.95. The summed E-state index contributed by atoms with van der Waals surface area (Å²) in [6.45, 7) is 3.47. The molecule has 0 spiro atoms. The van der Waals surface area contributed by atoms with Crippen LogP contribution in [-0.4, -0.2) is 47.3 Å². The molecule has 1 aromatic carbocycles. The van der Waals surface area contributed by atoms with Crippen molar-refractivity contribution < 1.29 is 13.2 Å². The second kappa shape index (κ2) is 6.52. The molecule has 7 nitrogen and oxygen atoms in total. The Morgan fingerprint density at radius 1 is 1.38 bits per heavy atom. The molecule has 1 aliphatic heterocycles. The molecule has 2 heterocycles. The zero-order chi connectivity index (χ0) is 17.3. The summed E-state index contributed by atoms with van der Waals surface area (Å²) in [5, 5.41) is 8.40. The van der Waals surface area contributed by atoms with Crippen LogP contribution in [0.25, 0.3) is 10.9 Å². The fourth-order valence-electron chi connectivity index (χ4n) is 3.26. The Balaban J connectivity index is 1.75. The van der Waals surface area contributed by atoms with E-state index in [1.54, 1.807) is 0 Å². The van der Waals surface area contributed by atoms with Gasteiger partial charge in [-0.05, 0) is 25.8 Å². The van der Waals surface area contributed by atoms with Crippen molar-refractivity contribution in [3.05, 3.63) is 30.0 Å². The van der Waals surface area contributed by atoms with Crippen molar-refractivity contribution >= 4 is 26.8 Å². The Labute approximate surface area is 141 Å². The maximum absolute atomic E-state index is 12.4. The minimum absolute atomic E-state index is 0.256. The molecule has 1 N–H and O–H groups in total. The van der Waals surface area contributed by atoms with Gasteiger partial charge in [0.15, 0.2) is 0 Å². The number of carbonyl (C=O) groups excluding carboxylic acids is 1. The Morgan fingerprint density at radius 2 is 2.12 bits per heavy atom. The van der Waals surface area contributed by atoms with Gasteiger partial charge in [-0.25, -0.2) is 8.42 Å². The van der Waals surface area contributed by atoms with Gasteiger partial charge in [0.25, 0.3) is 0 Å². The van der Waals surface area contributed by atoms with Crippen LogP contribution in [0.5, 0.6) is 0 Å². The van der Waals surface area contributed by atoms with Crippen LogP contribution in [-0.2, 0) is 27.9 Å². The van der Waals surface area contributed by atoms with E-state index in [9.17, 15) is 13.2 Å². The summed E-state index contributed by atoms with van der Waals surface area (Å²) in [4.78, 5) is 12.4. The van der Waals surface area contributed by atoms with Gasteiger partial charge in [-0.2, -0.15) is 9.40 Å². The molecule has 0 bridgehead atoms. The third-order valence-corrected chi connectivity index (χ3v) is 5.69. The summed E-state index contributed by atoms with van der Waals surface area (Å²) in [5.41, 5.74) is 1.83. The highest BCUT2D eigenvalue weighted by Crippen LogP contribution is 2.21. The van der Waals surface area contributed by atoms with Crippen LogP contribution in [0.3, 0.4) is 0 Å². The van der Waals surface area contributed by atoms with E-state index in [2.05, 4.69) is 10.4 Å². The number of carbonyl (C=O) groups is 1. The second-order valence-corrected chi connectivity index (χ2v) is 7.96. The molecule has 0 aliphatic carbocycles. The molecule has 130 valence electrons. The summed E-state index contributed by atoms with van der Waals surface area (Å²) >= 11 is 0. The SMILES string of the molecule is CCn1nc(CNC(=O)[C@@H]2CCCN2S(C)(=O)=O)c2ccccc21. The topological polar surface area (TPSA) is 84.3 Å². The molecule has 0 unspecified atom stereocenters. The normalized spacial score (nSPS) is 19.0. The van der Waals surface area contributed by atoms with Gasteiger partial charge in [0.1, 0.15) is 6.04 Å². The van der Waals surface area contributed by atoms with Crippen LogP contribution >= 0.6 is 0 Å². The van der Waals surface area contributed by atoms with Gasteiger partial charge in [0.2, 0.25) is 15.9 Å². The number of sulfonamides is 1. The molecule has 1 aromatic heterocycles. The fraction of sp³-hybridized carbons (Fsp3) is 0.500. The Morgan fingerprint density at radius 3 is 2.83 bits per heavy atom. The molecule has 0 radical (unpaired) electrons. The third kappa shape index (κ3) is 3.16. The number of hydrogen-bond acceptors (Lipinski definition) is 4. The van der Waals surface area contributed by atoms with Crippen molar-refractivity contribution in [2.75, 3.05) is 12.8 Å². The molecule has 1 atom stereocenters. The summed E-state index contributed by atoms with van der Waals surface area (Å²) in [6.07, 6.45) is 2.41. The van der Waals surface area contributed by atoms with Crippen molar-refractivity contribution in [3.8, 4) is 0 Å². The molecular formula is C16H22N4O3S. The third-order valence-electron chi connectivity index (χ3n) is 4.40. The maximum Gasteiger partial charge on any atom is 0.238 e. The van der Waals surface area contributed by atoms with E-state index in [1.165, 1.54) is 4.31 Å². The number of hydrogen-bond donors (Lipinski definition) is 1. The zero-order valence-electron chi connectivity index (χ0n) is 13.9. The molecule has 1 saturated heterocycles. The summed E-state index contributed by atoms with van der Waals surface area (Å²) < 4.78 is 26.7.